The standard InChI is InChI=1S/C19H28N2/c20-14-19(21-10-4-1-5-11-21)17-8-9-18(19)13-16-7-3-2-6-15(16)12-17/h2-3,6-7,17-18H,1,4-5,8-14,20H2. The summed E-state index contributed by atoms with van der Waals surface area (Å²) in [6.45, 7) is 3.41. The molecule has 1 aromatic carbocycles. The summed E-state index contributed by atoms with van der Waals surface area (Å²) in [6.07, 6.45) is 9.41. The van der Waals surface area contributed by atoms with Gasteiger partial charge in [-0.15, -0.1) is 0 Å². The Balaban J connectivity index is 1.72. The summed E-state index contributed by atoms with van der Waals surface area (Å²) in [7, 11) is 0. The van der Waals surface area contributed by atoms with Gasteiger partial charge in [0.1, 0.15) is 0 Å². The SMILES string of the molecule is NCC1(N2CCCCC2)C2CCC1Cc1ccccc1C2. The minimum Gasteiger partial charge on any atom is -0.329 e. The molecule has 21 heavy (non-hydrogen) atoms. The molecule has 1 saturated heterocycles. The summed E-state index contributed by atoms with van der Waals surface area (Å²) in [5.41, 5.74) is 9.94. The molecule has 2 atom stereocenters. The van der Waals surface area contributed by atoms with Crippen molar-refractivity contribution in [2.75, 3.05) is 19.6 Å². The third-order valence-corrected chi connectivity index (χ3v) is 6.60. The van der Waals surface area contributed by atoms with Crippen LogP contribution in [0.15, 0.2) is 24.3 Å². The van der Waals surface area contributed by atoms with E-state index in [1.807, 2.05) is 0 Å². The van der Waals surface area contributed by atoms with Crippen LogP contribution in [0.2, 0.25) is 0 Å². The molecule has 4 rings (SSSR count). The maximum atomic E-state index is 6.45. The van der Waals surface area contributed by atoms with E-state index in [1.54, 1.807) is 11.1 Å². The van der Waals surface area contributed by atoms with Crippen LogP contribution in [0.4, 0.5) is 0 Å². The van der Waals surface area contributed by atoms with Gasteiger partial charge < -0.3 is 5.73 Å². The first-order valence-electron chi connectivity index (χ1n) is 8.86. The van der Waals surface area contributed by atoms with Crippen molar-refractivity contribution in [1.82, 2.24) is 4.90 Å². The Morgan fingerprint density at radius 3 is 2.05 bits per heavy atom. The van der Waals surface area contributed by atoms with E-state index in [0.717, 1.165) is 18.4 Å². The van der Waals surface area contributed by atoms with Gasteiger partial charge in [0.2, 0.25) is 0 Å². The van der Waals surface area contributed by atoms with Crippen molar-refractivity contribution in [2.45, 2.75) is 50.5 Å². The maximum absolute atomic E-state index is 6.45. The van der Waals surface area contributed by atoms with Gasteiger partial charge in [-0.2, -0.15) is 0 Å². The Bertz CT molecular complexity index is 471. The van der Waals surface area contributed by atoms with Gasteiger partial charge >= 0.3 is 0 Å². The average Bonchev–Trinajstić information content (AvgIpc) is 2.79. The van der Waals surface area contributed by atoms with Crippen molar-refractivity contribution >= 4 is 0 Å². The molecule has 2 fully saturated rings. The summed E-state index contributed by atoms with van der Waals surface area (Å²) < 4.78 is 0. The number of hydrogen-bond donors (Lipinski definition) is 1. The van der Waals surface area contributed by atoms with Gasteiger partial charge in [-0.25, -0.2) is 0 Å². The highest BCUT2D eigenvalue weighted by Gasteiger charge is 2.53. The summed E-state index contributed by atoms with van der Waals surface area (Å²) in [5, 5.41) is 0. The number of piperidine rings is 1. The van der Waals surface area contributed by atoms with Crippen molar-refractivity contribution < 1.29 is 0 Å². The summed E-state index contributed by atoms with van der Waals surface area (Å²) in [5.74, 6) is 1.54. The highest BCUT2D eigenvalue weighted by Crippen LogP contribution is 2.50. The number of hydrogen-bond acceptors (Lipinski definition) is 2. The lowest BCUT2D eigenvalue weighted by Gasteiger charge is -2.49. The number of likely N-dealkylation sites (tertiary alicyclic amines) is 1. The lowest BCUT2D eigenvalue weighted by molar-refractivity contribution is 0.00902. The molecule has 0 aromatic heterocycles. The lowest BCUT2D eigenvalue weighted by atomic mass is 9.76. The molecular formula is C19H28N2. The first-order valence-corrected chi connectivity index (χ1v) is 8.86. The second-order valence-electron chi connectivity index (χ2n) is 7.39. The van der Waals surface area contributed by atoms with E-state index in [4.69, 9.17) is 5.73 Å². The highest BCUT2D eigenvalue weighted by atomic mass is 15.2. The van der Waals surface area contributed by atoms with Crippen LogP contribution >= 0.6 is 0 Å². The number of fused-ring (bicyclic) bond motifs is 3. The van der Waals surface area contributed by atoms with E-state index in [9.17, 15) is 0 Å². The van der Waals surface area contributed by atoms with Crippen LogP contribution in [0, 0.1) is 11.8 Å². The third-order valence-electron chi connectivity index (χ3n) is 6.60. The molecule has 1 saturated carbocycles. The normalized spacial score (nSPS) is 36.2. The molecule has 1 aliphatic heterocycles. The number of nitrogens with zero attached hydrogens (tertiary/aromatic N) is 1. The minimum atomic E-state index is 0.291. The molecule has 0 amide bonds. The Labute approximate surface area is 128 Å². The summed E-state index contributed by atoms with van der Waals surface area (Å²) >= 11 is 0. The fraction of sp³-hybridized carbons (Fsp3) is 0.684. The van der Waals surface area contributed by atoms with Crippen LogP contribution in [0.1, 0.15) is 43.2 Å². The fourth-order valence-corrected chi connectivity index (χ4v) is 5.57. The Kier molecular flexibility index (Phi) is 3.55. The molecule has 2 bridgehead atoms. The molecule has 2 heteroatoms. The molecule has 0 radical (unpaired) electrons. The molecule has 3 aliphatic rings. The number of benzene rings is 1. The van der Waals surface area contributed by atoms with Gasteiger partial charge in [-0.3, -0.25) is 4.90 Å². The van der Waals surface area contributed by atoms with E-state index in [1.165, 1.54) is 58.0 Å². The zero-order valence-corrected chi connectivity index (χ0v) is 13.1. The molecule has 2 N–H and O–H groups in total. The van der Waals surface area contributed by atoms with Crippen molar-refractivity contribution in [1.29, 1.82) is 0 Å². The zero-order chi connectivity index (χ0) is 14.3. The topological polar surface area (TPSA) is 29.3 Å². The van der Waals surface area contributed by atoms with Crippen molar-refractivity contribution in [3.63, 3.8) is 0 Å². The number of nitrogens with two attached hydrogens (primary N) is 1. The van der Waals surface area contributed by atoms with Crippen molar-refractivity contribution in [3.05, 3.63) is 35.4 Å². The van der Waals surface area contributed by atoms with Crippen LogP contribution in [-0.4, -0.2) is 30.1 Å². The average molecular weight is 284 g/mol. The quantitative estimate of drug-likeness (QED) is 0.904. The maximum Gasteiger partial charge on any atom is 0.0394 e. The summed E-state index contributed by atoms with van der Waals surface area (Å²) in [4.78, 5) is 2.81. The predicted molar refractivity (Wildman–Crippen MR) is 87.3 cm³/mol. The van der Waals surface area contributed by atoms with E-state index in [0.29, 0.717) is 5.54 Å². The van der Waals surface area contributed by atoms with Gasteiger partial charge in [0.05, 0.1) is 0 Å². The molecule has 1 heterocycles. The van der Waals surface area contributed by atoms with E-state index >= 15 is 0 Å². The molecule has 1 aromatic rings. The van der Waals surface area contributed by atoms with E-state index < -0.39 is 0 Å². The monoisotopic (exact) mass is 284 g/mol. The second-order valence-corrected chi connectivity index (χ2v) is 7.39. The molecular weight excluding hydrogens is 256 g/mol. The predicted octanol–water partition coefficient (Wildman–Crippen LogP) is 2.99. The van der Waals surface area contributed by atoms with E-state index in [-0.39, 0.29) is 0 Å². The first-order chi connectivity index (χ1) is 10.3. The Morgan fingerprint density at radius 2 is 1.52 bits per heavy atom. The van der Waals surface area contributed by atoms with Crippen LogP contribution in [0.5, 0.6) is 0 Å². The Hall–Kier alpha value is -0.860. The van der Waals surface area contributed by atoms with Crippen LogP contribution in [-0.2, 0) is 12.8 Å². The van der Waals surface area contributed by atoms with Crippen LogP contribution < -0.4 is 5.73 Å². The van der Waals surface area contributed by atoms with Crippen LogP contribution in [0.3, 0.4) is 0 Å². The second kappa shape index (κ2) is 5.40. The van der Waals surface area contributed by atoms with Gasteiger partial charge in [0.25, 0.3) is 0 Å². The minimum absolute atomic E-state index is 0.291. The molecule has 114 valence electrons. The first kappa shape index (κ1) is 13.8. The van der Waals surface area contributed by atoms with Gasteiger partial charge in [0.15, 0.2) is 0 Å². The van der Waals surface area contributed by atoms with E-state index in [2.05, 4.69) is 29.2 Å². The molecule has 2 nitrogen and oxygen atoms in total. The third kappa shape index (κ3) is 2.07. The lowest BCUT2D eigenvalue weighted by Crippen LogP contribution is -2.61. The van der Waals surface area contributed by atoms with Gasteiger partial charge in [-0.05, 0) is 74.6 Å². The van der Waals surface area contributed by atoms with Crippen molar-refractivity contribution in [2.24, 2.45) is 17.6 Å². The largest absolute Gasteiger partial charge is 0.329 e. The Morgan fingerprint density at radius 1 is 0.952 bits per heavy atom. The molecule has 2 aliphatic carbocycles. The number of rotatable bonds is 2. The molecule has 0 spiro atoms. The fourth-order valence-electron chi connectivity index (χ4n) is 5.57. The van der Waals surface area contributed by atoms with Crippen LogP contribution in [0.25, 0.3) is 0 Å². The highest BCUT2D eigenvalue weighted by molar-refractivity contribution is 5.32. The summed E-state index contributed by atoms with van der Waals surface area (Å²) in [6, 6.07) is 9.13. The van der Waals surface area contributed by atoms with Gasteiger partial charge in [0, 0.05) is 12.1 Å². The van der Waals surface area contributed by atoms with Gasteiger partial charge in [-0.1, -0.05) is 30.7 Å². The zero-order valence-electron chi connectivity index (χ0n) is 13.1. The smallest absolute Gasteiger partial charge is 0.0394 e. The van der Waals surface area contributed by atoms with Crippen molar-refractivity contribution in [3.8, 4) is 0 Å². The molecule has 2 unspecified atom stereocenters.